The lowest BCUT2D eigenvalue weighted by atomic mass is 10.1. The van der Waals surface area contributed by atoms with Crippen LogP contribution in [0.2, 0.25) is 0 Å². The van der Waals surface area contributed by atoms with Crippen molar-refractivity contribution in [3.63, 3.8) is 0 Å². The summed E-state index contributed by atoms with van der Waals surface area (Å²) < 4.78 is 0. The zero-order valence-electron chi connectivity index (χ0n) is 12.7. The summed E-state index contributed by atoms with van der Waals surface area (Å²) >= 11 is 0. The number of aromatic amines is 1. The van der Waals surface area contributed by atoms with E-state index in [0.717, 1.165) is 40.6 Å². The minimum atomic E-state index is -0.0911. The van der Waals surface area contributed by atoms with E-state index < -0.39 is 0 Å². The van der Waals surface area contributed by atoms with Crippen LogP contribution in [-0.4, -0.2) is 16.6 Å². The Morgan fingerprint density at radius 1 is 1.09 bits per heavy atom. The van der Waals surface area contributed by atoms with Gasteiger partial charge in [-0.3, -0.25) is 4.79 Å². The molecule has 1 aromatic heterocycles. The lowest BCUT2D eigenvalue weighted by molar-refractivity contribution is -0.120. The SMILES string of the molecule is O=C(Cc1c[nH]c2ccccc12)N/N=C1\CCc2ccccc21. The summed E-state index contributed by atoms with van der Waals surface area (Å²) in [5.41, 5.74) is 8.16. The molecule has 0 unspecified atom stereocenters. The third-order valence-corrected chi connectivity index (χ3v) is 4.30. The first-order chi connectivity index (χ1) is 11.3. The van der Waals surface area contributed by atoms with E-state index in [0.29, 0.717) is 6.42 Å². The summed E-state index contributed by atoms with van der Waals surface area (Å²) in [6, 6.07) is 16.2. The van der Waals surface area contributed by atoms with E-state index in [2.05, 4.69) is 27.6 Å². The number of rotatable bonds is 3. The smallest absolute Gasteiger partial charge is 0.244 e. The normalized spacial score (nSPS) is 15.0. The van der Waals surface area contributed by atoms with Crippen molar-refractivity contribution in [2.45, 2.75) is 19.3 Å². The lowest BCUT2D eigenvalue weighted by Crippen LogP contribution is -2.21. The first-order valence-electron chi connectivity index (χ1n) is 7.80. The Hall–Kier alpha value is -2.88. The molecular formula is C19H17N3O. The topological polar surface area (TPSA) is 57.2 Å². The fourth-order valence-electron chi connectivity index (χ4n) is 3.14. The molecule has 2 N–H and O–H groups in total. The summed E-state index contributed by atoms with van der Waals surface area (Å²) in [5.74, 6) is -0.0911. The number of H-pyrrole nitrogens is 1. The highest BCUT2D eigenvalue weighted by Crippen LogP contribution is 2.22. The van der Waals surface area contributed by atoms with Gasteiger partial charge in [-0.2, -0.15) is 5.10 Å². The standard InChI is InChI=1S/C19H17N3O/c23-19(11-14-12-20-17-8-4-3-7-16(14)17)22-21-18-10-9-13-5-1-2-6-15(13)18/h1-8,12,20H,9-11H2,(H,22,23)/b21-18+. The van der Waals surface area contributed by atoms with E-state index >= 15 is 0 Å². The van der Waals surface area contributed by atoms with Gasteiger partial charge in [0, 0.05) is 22.7 Å². The second-order valence-electron chi connectivity index (χ2n) is 5.79. The van der Waals surface area contributed by atoms with Crippen molar-refractivity contribution < 1.29 is 4.79 Å². The van der Waals surface area contributed by atoms with E-state index in [1.54, 1.807) is 0 Å². The molecule has 0 saturated heterocycles. The van der Waals surface area contributed by atoms with Crippen LogP contribution in [0.3, 0.4) is 0 Å². The second-order valence-corrected chi connectivity index (χ2v) is 5.79. The zero-order valence-corrected chi connectivity index (χ0v) is 12.7. The van der Waals surface area contributed by atoms with Gasteiger partial charge in [-0.15, -0.1) is 0 Å². The molecule has 1 aliphatic carbocycles. The van der Waals surface area contributed by atoms with E-state index in [-0.39, 0.29) is 5.91 Å². The van der Waals surface area contributed by atoms with Crippen molar-refractivity contribution in [3.05, 3.63) is 71.4 Å². The molecule has 1 heterocycles. The van der Waals surface area contributed by atoms with Crippen LogP contribution in [0.5, 0.6) is 0 Å². The Morgan fingerprint density at radius 2 is 1.91 bits per heavy atom. The molecule has 0 spiro atoms. The molecule has 3 aromatic rings. The number of nitrogens with zero attached hydrogens (tertiary/aromatic N) is 1. The highest BCUT2D eigenvalue weighted by atomic mass is 16.2. The Kier molecular flexibility index (Phi) is 3.42. The number of nitrogens with one attached hydrogen (secondary N) is 2. The first kappa shape index (κ1) is 13.8. The van der Waals surface area contributed by atoms with Crippen molar-refractivity contribution in [1.29, 1.82) is 0 Å². The van der Waals surface area contributed by atoms with E-state index in [9.17, 15) is 4.79 Å². The van der Waals surface area contributed by atoms with Crippen LogP contribution in [0.1, 0.15) is 23.1 Å². The number of para-hydroxylation sites is 1. The molecule has 0 fully saturated rings. The van der Waals surface area contributed by atoms with Crippen LogP contribution in [0, 0.1) is 0 Å². The Labute approximate surface area is 134 Å². The molecule has 4 rings (SSSR count). The number of carbonyl (C=O) groups is 1. The van der Waals surface area contributed by atoms with Gasteiger partial charge in [0.25, 0.3) is 0 Å². The Balaban J connectivity index is 1.48. The molecule has 0 atom stereocenters. The highest BCUT2D eigenvalue weighted by molar-refractivity contribution is 6.05. The van der Waals surface area contributed by atoms with Crippen LogP contribution in [0.15, 0.2) is 59.8 Å². The average molecular weight is 303 g/mol. The molecular weight excluding hydrogens is 286 g/mol. The minimum Gasteiger partial charge on any atom is -0.361 e. The summed E-state index contributed by atoms with van der Waals surface area (Å²) in [7, 11) is 0. The molecule has 23 heavy (non-hydrogen) atoms. The van der Waals surface area contributed by atoms with Gasteiger partial charge in [0.2, 0.25) is 5.91 Å². The maximum atomic E-state index is 12.2. The minimum absolute atomic E-state index is 0.0911. The van der Waals surface area contributed by atoms with Gasteiger partial charge in [0.15, 0.2) is 0 Å². The number of aromatic nitrogens is 1. The molecule has 114 valence electrons. The third kappa shape index (κ3) is 2.63. The number of hydrazone groups is 1. The summed E-state index contributed by atoms with van der Waals surface area (Å²) in [4.78, 5) is 15.4. The third-order valence-electron chi connectivity index (χ3n) is 4.30. The van der Waals surface area contributed by atoms with E-state index in [1.807, 2.05) is 42.6 Å². The quantitative estimate of drug-likeness (QED) is 0.717. The second kappa shape index (κ2) is 5.72. The molecule has 4 heteroatoms. The van der Waals surface area contributed by atoms with Crippen molar-refractivity contribution in [1.82, 2.24) is 10.4 Å². The molecule has 0 aliphatic heterocycles. The van der Waals surface area contributed by atoms with Gasteiger partial charge in [-0.25, -0.2) is 5.43 Å². The number of aryl methyl sites for hydroxylation is 1. The summed E-state index contributed by atoms with van der Waals surface area (Å²) in [6.07, 6.45) is 4.09. The Morgan fingerprint density at radius 3 is 2.87 bits per heavy atom. The number of amides is 1. The highest BCUT2D eigenvalue weighted by Gasteiger charge is 2.17. The van der Waals surface area contributed by atoms with Crippen LogP contribution in [-0.2, 0) is 17.6 Å². The predicted octanol–water partition coefficient (Wildman–Crippen LogP) is 3.18. The van der Waals surface area contributed by atoms with Crippen LogP contribution < -0.4 is 5.43 Å². The van der Waals surface area contributed by atoms with Gasteiger partial charge in [0.1, 0.15) is 0 Å². The van der Waals surface area contributed by atoms with Gasteiger partial charge in [-0.05, 0) is 30.0 Å². The molecule has 1 amide bonds. The largest absolute Gasteiger partial charge is 0.361 e. The average Bonchev–Trinajstić information content (AvgIpc) is 3.18. The van der Waals surface area contributed by atoms with Crippen molar-refractivity contribution in [2.24, 2.45) is 5.10 Å². The molecule has 1 aliphatic rings. The maximum absolute atomic E-state index is 12.2. The van der Waals surface area contributed by atoms with Crippen molar-refractivity contribution in [2.75, 3.05) is 0 Å². The van der Waals surface area contributed by atoms with Crippen LogP contribution in [0.25, 0.3) is 10.9 Å². The van der Waals surface area contributed by atoms with Crippen LogP contribution in [0.4, 0.5) is 0 Å². The number of carbonyl (C=O) groups excluding carboxylic acids is 1. The molecule has 0 radical (unpaired) electrons. The summed E-state index contributed by atoms with van der Waals surface area (Å²) in [5, 5.41) is 5.42. The van der Waals surface area contributed by atoms with Crippen molar-refractivity contribution in [3.8, 4) is 0 Å². The number of hydrogen-bond donors (Lipinski definition) is 2. The van der Waals surface area contributed by atoms with E-state index in [1.165, 1.54) is 5.56 Å². The monoisotopic (exact) mass is 303 g/mol. The Bertz CT molecular complexity index is 908. The zero-order chi connectivity index (χ0) is 15.6. The van der Waals surface area contributed by atoms with E-state index in [4.69, 9.17) is 0 Å². The summed E-state index contributed by atoms with van der Waals surface area (Å²) in [6.45, 7) is 0. The number of hydrogen-bond acceptors (Lipinski definition) is 2. The van der Waals surface area contributed by atoms with Gasteiger partial charge in [0.05, 0.1) is 12.1 Å². The fraction of sp³-hybridized carbons (Fsp3) is 0.158. The van der Waals surface area contributed by atoms with Gasteiger partial charge < -0.3 is 4.98 Å². The predicted molar refractivity (Wildman–Crippen MR) is 91.4 cm³/mol. The molecule has 2 aromatic carbocycles. The first-order valence-corrected chi connectivity index (χ1v) is 7.80. The molecule has 0 bridgehead atoms. The maximum Gasteiger partial charge on any atom is 0.244 e. The molecule has 4 nitrogen and oxygen atoms in total. The van der Waals surface area contributed by atoms with Gasteiger partial charge >= 0.3 is 0 Å². The van der Waals surface area contributed by atoms with Crippen molar-refractivity contribution >= 4 is 22.5 Å². The number of fused-ring (bicyclic) bond motifs is 2. The molecule has 0 saturated carbocycles. The number of benzene rings is 2. The van der Waals surface area contributed by atoms with Gasteiger partial charge in [-0.1, -0.05) is 42.5 Å². The van der Waals surface area contributed by atoms with Crippen LogP contribution >= 0.6 is 0 Å². The lowest BCUT2D eigenvalue weighted by Gasteiger charge is -2.02. The fourth-order valence-corrected chi connectivity index (χ4v) is 3.14.